The van der Waals surface area contributed by atoms with E-state index < -0.39 is 5.91 Å². The molecule has 0 spiro atoms. The van der Waals surface area contributed by atoms with Crippen LogP contribution in [-0.4, -0.2) is 58.4 Å². The monoisotopic (exact) mass is 249 g/mol. The molecule has 2 heterocycles. The average molecular weight is 249 g/mol. The molecular weight excluding hydrogens is 234 g/mol. The Kier molecular flexibility index (Phi) is 3.45. The molecule has 2 amide bonds. The van der Waals surface area contributed by atoms with Gasteiger partial charge in [-0.2, -0.15) is 0 Å². The Morgan fingerprint density at radius 3 is 2.94 bits per heavy atom. The van der Waals surface area contributed by atoms with Crippen molar-refractivity contribution in [2.24, 2.45) is 0 Å². The first-order valence-corrected chi connectivity index (χ1v) is 5.77. The molecule has 1 N–H and O–H groups in total. The van der Waals surface area contributed by atoms with Crippen molar-refractivity contribution >= 4 is 11.8 Å². The van der Waals surface area contributed by atoms with E-state index in [1.165, 1.54) is 17.2 Å². The molecule has 1 aromatic rings. The number of hydrogen-bond acceptors (Lipinski definition) is 4. The first-order chi connectivity index (χ1) is 8.59. The van der Waals surface area contributed by atoms with Crippen molar-refractivity contribution in [2.45, 2.75) is 6.42 Å². The second-order valence-electron chi connectivity index (χ2n) is 4.27. The van der Waals surface area contributed by atoms with Crippen molar-refractivity contribution in [3.05, 3.63) is 24.0 Å². The van der Waals surface area contributed by atoms with Crippen molar-refractivity contribution in [1.82, 2.24) is 14.8 Å². The van der Waals surface area contributed by atoms with Crippen LogP contribution in [0.1, 0.15) is 16.9 Å². The van der Waals surface area contributed by atoms with Crippen molar-refractivity contribution in [3.63, 3.8) is 0 Å². The zero-order valence-electron chi connectivity index (χ0n) is 10.2. The fourth-order valence-electron chi connectivity index (χ4n) is 1.87. The Morgan fingerprint density at radius 1 is 1.44 bits per heavy atom. The number of likely N-dealkylation sites (N-methyl/N-ethyl adjacent to an activating group) is 1. The van der Waals surface area contributed by atoms with Gasteiger partial charge in [0, 0.05) is 26.3 Å². The molecule has 6 heteroatoms. The first kappa shape index (κ1) is 12.3. The van der Waals surface area contributed by atoms with Crippen LogP contribution in [0.3, 0.4) is 0 Å². The molecule has 0 unspecified atom stereocenters. The zero-order chi connectivity index (χ0) is 13.1. The van der Waals surface area contributed by atoms with Gasteiger partial charge in [0.2, 0.25) is 5.91 Å². The highest BCUT2D eigenvalue weighted by atomic mass is 16.3. The van der Waals surface area contributed by atoms with Crippen LogP contribution in [0.25, 0.3) is 0 Å². The molecule has 1 aliphatic rings. The lowest BCUT2D eigenvalue weighted by Gasteiger charge is -2.19. The summed E-state index contributed by atoms with van der Waals surface area (Å²) in [4.78, 5) is 30.7. The minimum absolute atomic E-state index is 0.00477. The number of carbonyl (C=O) groups excluding carboxylic acids is 2. The summed E-state index contributed by atoms with van der Waals surface area (Å²) in [5.41, 5.74) is -0.00477. The van der Waals surface area contributed by atoms with Crippen molar-refractivity contribution < 1.29 is 14.7 Å². The standard InChI is InChI=1S/C12H15N3O3/c1-14-6-3-7-15(8-10(14)17)12(18)11-9(16)4-2-5-13-11/h2,4-5,16H,3,6-8H2,1H3. The van der Waals surface area contributed by atoms with E-state index in [-0.39, 0.29) is 23.9 Å². The van der Waals surface area contributed by atoms with Gasteiger partial charge in [-0.05, 0) is 18.6 Å². The minimum atomic E-state index is -0.406. The molecule has 0 saturated carbocycles. The van der Waals surface area contributed by atoms with Crippen LogP contribution in [0, 0.1) is 0 Å². The third kappa shape index (κ3) is 2.42. The summed E-state index contributed by atoms with van der Waals surface area (Å²) in [7, 11) is 1.72. The van der Waals surface area contributed by atoms with E-state index in [0.29, 0.717) is 13.1 Å². The molecule has 1 aliphatic heterocycles. The topological polar surface area (TPSA) is 73.7 Å². The molecule has 0 bridgehead atoms. The molecule has 2 rings (SSSR count). The lowest BCUT2D eigenvalue weighted by atomic mass is 10.2. The van der Waals surface area contributed by atoms with Crippen LogP contribution >= 0.6 is 0 Å². The molecule has 0 aromatic carbocycles. The number of pyridine rings is 1. The van der Waals surface area contributed by atoms with Crippen molar-refractivity contribution in [1.29, 1.82) is 0 Å². The summed E-state index contributed by atoms with van der Waals surface area (Å²) in [5.74, 6) is -0.666. The lowest BCUT2D eigenvalue weighted by molar-refractivity contribution is -0.129. The maximum absolute atomic E-state index is 12.2. The van der Waals surface area contributed by atoms with Gasteiger partial charge < -0.3 is 14.9 Å². The smallest absolute Gasteiger partial charge is 0.276 e. The van der Waals surface area contributed by atoms with E-state index in [1.807, 2.05) is 0 Å². The third-order valence-electron chi connectivity index (χ3n) is 2.95. The predicted octanol–water partition coefficient (Wildman–Crippen LogP) is 0.0915. The Bertz CT molecular complexity index is 475. The van der Waals surface area contributed by atoms with Crippen LogP contribution in [0.2, 0.25) is 0 Å². The van der Waals surface area contributed by atoms with E-state index >= 15 is 0 Å². The maximum Gasteiger partial charge on any atom is 0.276 e. The fraction of sp³-hybridized carbons (Fsp3) is 0.417. The van der Waals surface area contributed by atoms with E-state index in [4.69, 9.17) is 0 Å². The Hall–Kier alpha value is -2.11. The predicted molar refractivity (Wildman–Crippen MR) is 64.1 cm³/mol. The number of aromatic nitrogens is 1. The van der Waals surface area contributed by atoms with E-state index in [1.54, 1.807) is 18.0 Å². The summed E-state index contributed by atoms with van der Waals surface area (Å²) in [6, 6.07) is 2.96. The Balaban J connectivity index is 2.19. The third-order valence-corrected chi connectivity index (χ3v) is 2.95. The number of hydrogen-bond donors (Lipinski definition) is 1. The highest BCUT2D eigenvalue weighted by Gasteiger charge is 2.25. The molecule has 1 aromatic heterocycles. The zero-order valence-corrected chi connectivity index (χ0v) is 10.2. The first-order valence-electron chi connectivity index (χ1n) is 5.77. The highest BCUT2D eigenvalue weighted by Crippen LogP contribution is 2.16. The maximum atomic E-state index is 12.2. The number of aromatic hydroxyl groups is 1. The summed E-state index contributed by atoms with van der Waals surface area (Å²) < 4.78 is 0. The van der Waals surface area contributed by atoms with Gasteiger partial charge in [0.25, 0.3) is 5.91 Å². The average Bonchev–Trinajstić information content (AvgIpc) is 2.52. The second-order valence-corrected chi connectivity index (χ2v) is 4.27. The fourth-order valence-corrected chi connectivity index (χ4v) is 1.87. The lowest BCUT2D eigenvalue weighted by Crippen LogP contribution is -2.38. The van der Waals surface area contributed by atoms with E-state index in [9.17, 15) is 14.7 Å². The van der Waals surface area contributed by atoms with Crippen LogP contribution in [0.5, 0.6) is 5.75 Å². The summed E-state index contributed by atoms with van der Waals surface area (Å²) >= 11 is 0. The van der Waals surface area contributed by atoms with E-state index in [0.717, 1.165) is 6.42 Å². The van der Waals surface area contributed by atoms with Crippen LogP contribution in [0.15, 0.2) is 18.3 Å². The van der Waals surface area contributed by atoms with Gasteiger partial charge in [0.05, 0.1) is 0 Å². The largest absolute Gasteiger partial charge is 0.505 e. The van der Waals surface area contributed by atoms with Gasteiger partial charge in [-0.3, -0.25) is 9.59 Å². The number of nitrogens with zero attached hydrogens (tertiary/aromatic N) is 3. The minimum Gasteiger partial charge on any atom is -0.505 e. The van der Waals surface area contributed by atoms with Crippen molar-refractivity contribution in [3.8, 4) is 5.75 Å². The molecule has 6 nitrogen and oxygen atoms in total. The van der Waals surface area contributed by atoms with Crippen LogP contribution in [0.4, 0.5) is 0 Å². The summed E-state index contributed by atoms with van der Waals surface area (Å²) in [6.07, 6.45) is 2.17. The molecule has 96 valence electrons. The number of rotatable bonds is 1. The number of amides is 2. The normalized spacial score (nSPS) is 16.6. The quantitative estimate of drug-likeness (QED) is 0.765. The van der Waals surface area contributed by atoms with Crippen LogP contribution < -0.4 is 0 Å². The molecule has 1 fully saturated rings. The SMILES string of the molecule is CN1CCCN(C(=O)c2ncccc2O)CC1=O. The summed E-state index contributed by atoms with van der Waals surface area (Å²) in [6.45, 7) is 1.16. The molecule has 0 aliphatic carbocycles. The van der Waals surface area contributed by atoms with Gasteiger partial charge in [-0.25, -0.2) is 4.98 Å². The summed E-state index contributed by atoms with van der Waals surface area (Å²) in [5, 5.41) is 9.59. The van der Waals surface area contributed by atoms with Gasteiger partial charge >= 0.3 is 0 Å². The van der Waals surface area contributed by atoms with Gasteiger partial charge in [0.15, 0.2) is 5.69 Å². The van der Waals surface area contributed by atoms with Crippen LogP contribution in [-0.2, 0) is 4.79 Å². The van der Waals surface area contributed by atoms with Gasteiger partial charge in [-0.1, -0.05) is 0 Å². The Morgan fingerprint density at radius 2 is 2.22 bits per heavy atom. The van der Waals surface area contributed by atoms with Crippen molar-refractivity contribution in [2.75, 3.05) is 26.7 Å². The molecule has 0 radical (unpaired) electrons. The van der Waals surface area contributed by atoms with Gasteiger partial charge in [0.1, 0.15) is 12.3 Å². The molecule has 0 atom stereocenters. The van der Waals surface area contributed by atoms with Gasteiger partial charge in [-0.15, -0.1) is 0 Å². The van der Waals surface area contributed by atoms with E-state index in [2.05, 4.69) is 4.98 Å². The second kappa shape index (κ2) is 5.03. The molecular formula is C12H15N3O3. The highest BCUT2D eigenvalue weighted by molar-refractivity contribution is 5.97. The number of carbonyl (C=O) groups is 2. The molecule has 1 saturated heterocycles. The molecule has 18 heavy (non-hydrogen) atoms. The Labute approximate surface area is 105 Å².